The van der Waals surface area contributed by atoms with Crippen LogP contribution in [0.3, 0.4) is 0 Å². The number of rotatable bonds is 6. The largest absolute Gasteiger partial charge is 0.342 e. The first-order valence-electron chi connectivity index (χ1n) is 10.8. The molecule has 0 N–H and O–H groups in total. The van der Waals surface area contributed by atoms with Crippen LogP contribution < -0.4 is 0 Å². The van der Waals surface area contributed by atoms with Gasteiger partial charge in [0, 0.05) is 37.2 Å². The van der Waals surface area contributed by atoms with E-state index >= 15 is 0 Å². The van der Waals surface area contributed by atoms with E-state index in [1.807, 2.05) is 22.4 Å². The molecular formula is C23H24FN7O. The first-order chi connectivity index (χ1) is 15.6. The average molecular weight is 433 g/mol. The second kappa shape index (κ2) is 8.49. The van der Waals surface area contributed by atoms with Gasteiger partial charge in [-0.2, -0.15) is 10.2 Å². The maximum absolute atomic E-state index is 13.9. The minimum absolute atomic E-state index is 0.0598. The summed E-state index contributed by atoms with van der Waals surface area (Å²) in [5.74, 6) is -0.0180. The Kier molecular flexibility index (Phi) is 5.38. The highest BCUT2D eigenvalue weighted by atomic mass is 19.1. The molecule has 1 aromatic carbocycles. The molecule has 8 nitrogen and oxygen atoms in total. The number of halogens is 1. The van der Waals surface area contributed by atoms with E-state index in [9.17, 15) is 9.18 Å². The molecule has 0 bridgehead atoms. The van der Waals surface area contributed by atoms with Crippen LogP contribution in [0.2, 0.25) is 0 Å². The Balaban J connectivity index is 1.31. The second-order valence-electron chi connectivity index (χ2n) is 8.18. The summed E-state index contributed by atoms with van der Waals surface area (Å²) in [6.07, 6.45) is 6.57. The Morgan fingerprint density at radius 3 is 2.94 bits per heavy atom. The number of carbonyl (C=O) groups is 1. The lowest BCUT2D eigenvalue weighted by atomic mass is 10.0. The molecule has 4 aromatic rings. The monoisotopic (exact) mass is 433 g/mol. The molecule has 0 saturated carbocycles. The third kappa shape index (κ3) is 3.86. The molecule has 4 heterocycles. The second-order valence-corrected chi connectivity index (χ2v) is 8.18. The van der Waals surface area contributed by atoms with Crippen molar-refractivity contribution in [3.63, 3.8) is 0 Å². The van der Waals surface area contributed by atoms with Gasteiger partial charge >= 0.3 is 0 Å². The number of fused-ring (bicyclic) bond motifs is 1. The minimum Gasteiger partial charge on any atom is -0.342 e. The van der Waals surface area contributed by atoms with Crippen molar-refractivity contribution in [3.8, 4) is 0 Å². The van der Waals surface area contributed by atoms with Crippen molar-refractivity contribution >= 4 is 11.6 Å². The molecule has 5 rings (SSSR count). The molecular weight excluding hydrogens is 409 g/mol. The summed E-state index contributed by atoms with van der Waals surface area (Å²) in [4.78, 5) is 23.2. The van der Waals surface area contributed by atoms with E-state index in [-0.39, 0.29) is 17.6 Å². The zero-order valence-electron chi connectivity index (χ0n) is 17.9. The van der Waals surface area contributed by atoms with Crippen molar-refractivity contribution in [1.82, 2.24) is 34.3 Å². The third-order valence-corrected chi connectivity index (χ3v) is 6.16. The van der Waals surface area contributed by atoms with Gasteiger partial charge in [0.15, 0.2) is 5.65 Å². The Hall–Kier alpha value is -3.62. The van der Waals surface area contributed by atoms with Gasteiger partial charge in [0.25, 0.3) is 0 Å². The van der Waals surface area contributed by atoms with Crippen molar-refractivity contribution in [2.24, 2.45) is 0 Å². The number of nitrogens with zero attached hydrogens (tertiary/aromatic N) is 7. The summed E-state index contributed by atoms with van der Waals surface area (Å²) >= 11 is 0. The van der Waals surface area contributed by atoms with Crippen LogP contribution in [0.1, 0.15) is 41.3 Å². The van der Waals surface area contributed by atoms with E-state index < -0.39 is 0 Å². The predicted octanol–water partition coefficient (Wildman–Crippen LogP) is 2.77. The molecule has 1 atom stereocenters. The number of hydrogen-bond donors (Lipinski definition) is 0. The Bertz CT molecular complexity index is 1250. The Morgan fingerprint density at radius 2 is 2.12 bits per heavy atom. The topological polar surface area (TPSA) is 81.2 Å². The highest BCUT2D eigenvalue weighted by molar-refractivity contribution is 5.77. The quantitative estimate of drug-likeness (QED) is 0.467. The van der Waals surface area contributed by atoms with E-state index in [0.29, 0.717) is 38.0 Å². The van der Waals surface area contributed by atoms with Crippen molar-refractivity contribution in [2.75, 3.05) is 13.1 Å². The van der Waals surface area contributed by atoms with Gasteiger partial charge in [-0.25, -0.2) is 23.6 Å². The van der Waals surface area contributed by atoms with Gasteiger partial charge in [0.1, 0.15) is 18.5 Å². The molecule has 9 heteroatoms. The van der Waals surface area contributed by atoms with Crippen LogP contribution >= 0.6 is 0 Å². The third-order valence-electron chi connectivity index (χ3n) is 6.16. The smallest absolute Gasteiger partial charge is 0.222 e. The maximum atomic E-state index is 13.9. The van der Waals surface area contributed by atoms with Crippen LogP contribution in [-0.2, 0) is 17.8 Å². The fourth-order valence-electron chi connectivity index (χ4n) is 4.41. The lowest BCUT2D eigenvalue weighted by Crippen LogP contribution is -2.28. The van der Waals surface area contributed by atoms with Gasteiger partial charge in [0.05, 0.1) is 17.9 Å². The highest BCUT2D eigenvalue weighted by Gasteiger charge is 2.29. The van der Waals surface area contributed by atoms with Gasteiger partial charge < -0.3 is 4.90 Å². The first kappa shape index (κ1) is 20.3. The molecule has 0 aliphatic carbocycles. The number of likely N-dealkylation sites (tertiary alicyclic amines) is 1. The lowest BCUT2D eigenvalue weighted by Gasteiger charge is -2.17. The summed E-state index contributed by atoms with van der Waals surface area (Å²) in [5.41, 5.74) is 4.34. The van der Waals surface area contributed by atoms with Crippen LogP contribution in [0.25, 0.3) is 5.65 Å². The summed E-state index contributed by atoms with van der Waals surface area (Å²) in [5, 5.41) is 8.93. The van der Waals surface area contributed by atoms with E-state index in [0.717, 1.165) is 29.0 Å². The van der Waals surface area contributed by atoms with Gasteiger partial charge in [-0.3, -0.25) is 4.79 Å². The Morgan fingerprint density at radius 1 is 1.25 bits per heavy atom. The summed E-state index contributed by atoms with van der Waals surface area (Å²) in [6.45, 7) is 3.85. The molecule has 0 radical (unpaired) electrons. The van der Waals surface area contributed by atoms with Crippen molar-refractivity contribution < 1.29 is 9.18 Å². The molecule has 1 amide bonds. The number of hydrogen-bond acceptors (Lipinski definition) is 5. The van der Waals surface area contributed by atoms with Crippen LogP contribution in [-0.4, -0.2) is 53.3 Å². The fourth-order valence-corrected chi connectivity index (χ4v) is 4.41. The van der Waals surface area contributed by atoms with Crippen molar-refractivity contribution in [2.45, 2.75) is 38.6 Å². The zero-order chi connectivity index (χ0) is 22.1. The van der Waals surface area contributed by atoms with Crippen molar-refractivity contribution in [1.29, 1.82) is 0 Å². The molecule has 1 aliphatic rings. The molecule has 164 valence electrons. The highest BCUT2D eigenvalue weighted by Crippen LogP contribution is 2.29. The van der Waals surface area contributed by atoms with Gasteiger partial charge in [0.2, 0.25) is 5.91 Å². The Labute approximate surface area is 184 Å². The average Bonchev–Trinajstić information content (AvgIpc) is 3.54. The predicted molar refractivity (Wildman–Crippen MR) is 116 cm³/mol. The van der Waals surface area contributed by atoms with Crippen LogP contribution in [0, 0.1) is 12.7 Å². The van der Waals surface area contributed by atoms with Gasteiger partial charge in [-0.1, -0.05) is 18.2 Å². The lowest BCUT2D eigenvalue weighted by molar-refractivity contribution is -0.130. The molecule has 32 heavy (non-hydrogen) atoms. The maximum Gasteiger partial charge on any atom is 0.222 e. The van der Waals surface area contributed by atoms with E-state index in [2.05, 4.69) is 15.1 Å². The normalized spacial score (nSPS) is 16.2. The summed E-state index contributed by atoms with van der Waals surface area (Å²) in [7, 11) is 0. The summed E-state index contributed by atoms with van der Waals surface area (Å²) in [6, 6.07) is 8.61. The molecule has 3 aromatic heterocycles. The van der Waals surface area contributed by atoms with Gasteiger partial charge in [-0.05, 0) is 37.5 Å². The molecule has 1 fully saturated rings. The number of aryl methyl sites for hydroxylation is 2. The fraction of sp³-hybridized carbons (Fsp3) is 0.348. The number of carbonyl (C=O) groups excluding carboxylic acids is 1. The first-order valence-corrected chi connectivity index (χ1v) is 10.8. The van der Waals surface area contributed by atoms with Crippen molar-refractivity contribution in [3.05, 3.63) is 77.5 Å². The van der Waals surface area contributed by atoms with Crippen LogP contribution in [0.4, 0.5) is 4.39 Å². The van der Waals surface area contributed by atoms with E-state index in [4.69, 9.17) is 5.10 Å². The van der Waals surface area contributed by atoms with E-state index in [1.54, 1.807) is 35.4 Å². The van der Waals surface area contributed by atoms with E-state index in [1.165, 1.54) is 12.4 Å². The molecule has 1 aliphatic heterocycles. The number of aromatic nitrogens is 6. The van der Waals surface area contributed by atoms with Crippen LogP contribution in [0.15, 0.2) is 49.2 Å². The minimum atomic E-state index is -0.255. The molecule has 1 saturated heterocycles. The zero-order valence-corrected chi connectivity index (χ0v) is 17.9. The molecule has 0 spiro atoms. The standard InChI is InChI=1S/C23H24FN7O/c1-16-19(13-30-15-25-14-27-30)23-26-10-8-21(31(23)28-16)18-9-11-29(12-18)22(32)7-6-17-4-2-3-5-20(17)24/h2-5,8,10,14-15,18H,6-7,9,11-13H2,1H3/t18-/m0/s1. The molecule has 0 unspecified atom stereocenters. The van der Waals surface area contributed by atoms with Crippen LogP contribution in [0.5, 0.6) is 0 Å². The van der Waals surface area contributed by atoms with Gasteiger partial charge in [-0.15, -0.1) is 0 Å². The number of amides is 1. The SMILES string of the molecule is Cc1nn2c([C@H]3CCN(C(=O)CCc4ccccc4F)C3)ccnc2c1Cn1cncn1. The number of benzene rings is 1. The summed E-state index contributed by atoms with van der Waals surface area (Å²) < 4.78 is 17.5.